The van der Waals surface area contributed by atoms with E-state index in [1.165, 1.54) is 48.5 Å². The number of benzene rings is 2. The van der Waals surface area contributed by atoms with Crippen LogP contribution in [0, 0.1) is 0 Å². The van der Waals surface area contributed by atoms with Gasteiger partial charge in [0.1, 0.15) is 35.9 Å². The van der Waals surface area contributed by atoms with Crippen LogP contribution in [0.4, 0.5) is 0 Å². The van der Waals surface area contributed by atoms with E-state index in [1.807, 2.05) is 0 Å². The van der Waals surface area contributed by atoms with Crippen molar-refractivity contribution in [2.24, 2.45) is 0 Å². The highest BCUT2D eigenvalue weighted by Crippen LogP contribution is 2.27. The fourth-order valence-corrected chi connectivity index (χ4v) is 3.41. The molecule has 2 aromatic carbocycles. The van der Waals surface area contributed by atoms with Crippen molar-refractivity contribution in [3.63, 3.8) is 0 Å². The van der Waals surface area contributed by atoms with Crippen LogP contribution in [0.25, 0.3) is 0 Å². The number of rotatable bonds is 6. The number of esters is 2. The van der Waals surface area contributed by atoms with Crippen molar-refractivity contribution in [3.05, 3.63) is 59.7 Å². The highest BCUT2D eigenvalue weighted by molar-refractivity contribution is 5.73. The van der Waals surface area contributed by atoms with E-state index in [1.54, 1.807) is 0 Å². The third-order valence-electron chi connectivity index (χ3n) is 5.15. The van der Waals surface area contributed by atoms with Crippen molar-refractivity contribution >= 4 is 11.9 Å². The minimum atomic E-state index is -1.85. The maximum atomic E-state index is 12.3. The fourth-order valence-electron chi connectivity index (χ4n) is 3.41. The normalized spacial score (nSPS) is 27.5. The van der Waals surface area contributed by atoms with Crippen molar-refractivity contribution in [3.8, 4) is 11.5 Å². The third kappa shape index (κ3) is 5.54. The fraction of sp³-hybridized carbons (Fsp3) is 0.364. The van der Waals surface area contributed by atoms with Gasteiger partial charge in [0.05, 0.1) is 12.8 Å². The second-order valence-electron chi connectivity index (χ2n) is 7.56. The van der Waals surface area contributed by atoms with Crippen molar-refractivity contribution in [1.82, 2.24) is 0 Å². The Labute approximate surface area is 182 Å². The van der Waals surface area contributed by atoms with Gasteiger partial charge in [-0.2, -0.15) is 0 Å². The zero-order valence-corrected chi connectivity index (χ0v) is 16.8. The van der Waals surface area contributed by atoms with Gasteiger partial charge < -0.3 is 40.1 Å². The Morgan fingerprint density at radius 2 is 0.938 bits per heavy atom. The molecule has 0 amide bonds. The number of ether oxygens (including phenoxy) is 2. The summed E-state index contributed by atoms with van der Waals surface area (Å²) in [6.45, 7) is 0. The van der Waals surface area contributed by atoms with E-state index in [0.717, 1.165) is 0 Å². The van der Waals surface area contributed by atoms with Crippen LogP contribution in [-0.4, -0.2) is 79.2 Å². The molecule has 1 saturated carbocycles. The average Bonchev–Trinajstić information content (AvgIpc) is 2.76. The topological polar surface area (TPSA) is 174 Å². The third-order valence-corrected chi connectivity index (χ3v) is 5.15. The molecule has 1 fully saturated rings. The van der Waals surface area contributed by atoms with E-state index < -0.39 is 48.6 Å². The van der Waals surface area contributed by atoms with E-state index in [9.17, 15) is 40.2 Å². The highest BCUT2D eigenvalue weighted by Gasteiger charge is 2.52. The van der Waals surface area contributed by atoms with Crippen molar-refractivity contribution in [2.75, 3.05) is 0 Å². The lowest BCUT2D eigenvalue weighted by Crippen LogP contribution is -2.65. The summed E-state index contributed by atoms with van der Waals surface area (Å²) in [6, 6.07) is 11.4. The molecule has 6 atom stereocenters. The van der Waals surface area contributed by atoms with Crippen LogP contribution in [0.3, 0.4) is 0 Å². The first-order valence-corrected chi connectivity index (χ1v) is 9.82. The summed E-state index contributed by atoms with van der Waals surface area (Å²) in [6.07, 6.45) is -11.1. The summed E-state index contributed by atoms with van der Waals surface area (Å²) < 4.78 is 10.2. The SMILES string of the molecule is O=C(Cc1ccc(O)cc1)O[C@@H]1C(O)[C@@H](OC(=O)Cc2ccc(O)cc2)[C@@H](O)C(O)[C@H]1O. The number of hydrogen-bond acceptors (Lipinski definition) is 10. The summed E-state index contributed by atoms with van der Waals surface area (Å²) in [5.74, 6) is -1.68. The lowest BCUT2D eigenvalue weighted by Gasteiger charge is -2.42. The monoisotopic (exact) mass is 448 g/mol. The summed E-state index contributed by atoms with van der Waals surface area (Å²) in [7, 11) is 0. The molecule has 3 rings (SSSR count). The largest absolute Gasteiger partial charge is 0.508 e. The molecular formula is C22H24O10. The molecule has 0 spiro atoms. The second kappa shape index (κ2) is 9.96. The molecule has 32 heavy (non-hydrogen) atoms. The van der Waals surface area contributed by atoms with Gasteiger partial charge in [-0.3, -0.25) is 9.59 Å². The van der Waals surface area contributed by atoms with Gasteiger partial charge in [-0.05, 0) is 35.4 Å². The molecule has 0 bridgehead atoms. The molecule has 2 unspecified atom stereocenters. The lowest BCUT2D eigenvalue weighted by atomic mass is 9.84. The second-order valence-corrected chi connectivity index (χ2v) is 7.56. The van der Waals surface area contributed by atoms with Crippen molar-refractivity contribution in [1.29, 1.82) is 0 Å². The Kier molecular flexibility index (Phi) is 7.31. The molecule has 2 aromatic rings. The van der Waals surface area contributed by atoms with Crippen LogP contribution >= 0.6 is 0 Å². The van der Waals surface area contributed by atoms with Crippen LogP contribution < -0.4 is 0 Å². The average molecular weight is 448 g/mol. The minimum absolute atomic E-state index is 0.00862. The molecule has 0 saturated heterocycles. The van der Waals surface area contributed by atoms with E-state index in [-0.39, 0.29) is 24.3 Å². The van der Waals surface area contributed by atoms with Crippen LogP contribution in [-0.2, 0) is 31.9 Å². The predicted molar refractivity (Wildman–Crippen MR) is 107 cm³/mol. The van der Waals surface area contributed by atoms with E-state index >= 15 is 0 Å². The molecule has 1 aliphatic rings. The number of phenols is 2. The van der Waals surface area contributed by atoms with Crippen LogP contribution in [0.5, 0.6) is 11.5 Å². The number of carbonyl (C=O) groups is 2. The van der Waals surface area contributed by atoms with E-state index in [0.29, 0.717) is 11.1 Å². The Hall–Kier alpha value is -3.18. The highest BCUT2D eigenvalue weighted by atomic mass is 16.6. The quantitative estimate of drug-likeness (QED) is 0.306. The molecule has 6 N–H and O–H groups in total. The molecule has 172 valence electrons. The van der Waals surface area contributed by atoms with Gasteiger partial charge >= 0.3 is 11.9 Å². The molecule has 10 nitrogen and oxygen atoms in total. The van der Waals surface area contributed by atoms with Crippen LogP contribution in [0.2, 0.25) is 0 Å². The summed E-state index contributed by atoms with van der Waals surface area (Å²) >= 11 is 0. The first kappa shape index (κ1) is 23.5. The Morgan fingerprint density at radius 1 is 0.594 bits per heavy atom. The van der Waals surface area contributed by atoms with E-state index in [4.69, 9.17) is 9.47 Å². The lowest BCUT2D eigenvalue weighted by molar-refractivity contribution is -0.240. The number of phenolic OH excluding ortho intramolecular Hbond substituents is 2. The molecule has 0 heterocycles. The van der Waals surface area contributed by atoms with Gasteiger partial charge in [-0.1, -0.05) is 24.3 Å². The summed E-state index contributed by atoms with van der Waals surface area (Å²) in [4.78, 5) is 24.5. The number of hydrogen-bond donors (Lipinski definition) is 6. The van der Waals surface area contributed by atoms with Crippen molar-refractivity contribution in [2.45, 2.75) is 49.5 Å². The molecule has 0 aromatic heterocycles. The smallest absolute Gasteiger partial charge is 0.310 e. The maximum absolute atomic E-state index is 12.3. The van der Waals surface area contributed by atoms with Crippen molar-refractivity contribution < 1.29 is 49.7 Å². The summed E-state index contributed by atoms with van der Waals surface area (Å²) in [5.41, 5.74) is 0.982. The number of aromatic hydroxyl groups is 2. The Morgan fingerprint density at radius 3 is 1.28 bits per heavy atom. The number of carbonyl (C=O) groups excluding carboxylic acids is 2. The van der Waals surface area contributed by atoms with Gasteiger partial charge in [0.15, 0.2) is 12.2 Å². The number of aliphatic hydroxyl groups excluding tert-OH is 4. The zero-order chi connectivity index (χ0) is 23.4. The van der Waals surface area contributed by atoms with Gasteiger partial charge in [0.2, 0.25) is 0 Å². The molecule has 1 aliphatic carbocycles. The maximum Gasteiger partial charge on any atom is 0.310 e. The minimum Gasteiger partial charge on any atom is -0.508 e. The summed E-state index contributed by atoms with van der Waals surface area (Å²) in [5, 5.41) is 59.6. The zero-order valence-electron chi connectivity index (χ0n) is 16.8. The Bertz CT molecular complexity index is 851. The first-order chi connectivity index (χ1) is 15.2. The molecule has 0 aliphatic heterocycles. The van der Waals surface area contributed by atoms with Crippen LogP contribution in [0.15, 0.2) is 48.5 Å². The van der Waals surface area contributed by atoms with Gasteiger partial charge in [-0.15, -0.1) is 0 Å². The molecule has 0 radical (unpaired) electrons. The van der Waals surface area contributed by atoms with Gasteiger partial charge in [0, 0.05) is 0 Å². The predicted octanol–water partition coefficient (Wildman–Crippen LogP) is -0.836. The van der Waals surface area contributed by atoms with Gasteiger partial charge in [-0.25, -0.2) is 0 Å². The molecule has 10 heteroatoms. The Balaban J connectivity index is 1.66. The first-order valence-electron chi connectivity index (χ1n) is 9.82. The number of aliphatic hydroxyl groups is 4. The van der Waals surface area contributed by atoms with Gasteiger partial charge in [0.25, 0.3) is 0 Å². The van der Waals surface area contributed by atoms with Crippen LogP contribution in [0.1, 0.15) is 11.1 Å². The molecular weight excluding hydrogens is 424 g/mol. The standard InChI is InChI=1S/C22H24O10/c23-13-5-1-11(2-6-13)9-15(25)31-21-18(28)17(27)19(29)22(20(21)30)32-16(26)10-12-3-7-14(24)8-4-12/h1-8,17-24,27-30H,9-10H2/t17?,18-,19+,20?,21-,22-/m0/s1. The van der Waals surface area contributed by atoms with E-state index in [2.05, 4.69) is 0 Å².